The molecule has 0 saturated carbocycles. The highest BCUT2D eigenvalue weighted by Gasteiger charge is 2.09. The van der Waals surface area contributed by atoms with Crippen LogP contribution < -0.4 is 4.74 Å². The van der Waals surface area contributed by atoms with Crippen molar-refractivity contribution in [2.45, 2.75) is 19.3 Å². The number of carbonyl (C=O) groups excluding carboxylic acids is 1. The smallest absolute Gasteiger partial charge is 0.166 e. The van der Waals surface area contributed by atoms with Gasteiger partial charge < -0.3 is 4.74 Å². The molecular formula is C15H16O2. The zero-order valence-corrected chi connectivity index (χ0v) is 9.98. The number of methoxy groups -OCH3 is 1. The third kappa shape index (κ3) is 3.06. The maximum absolute atomic E-state index is 12.0. The Morgan fingerprint density at radius 2 is 2.06 bits per heavy atom. The summed E-state index contributed by atoms with van der Waals surface area (Å²) in [7, 11) is 1.62. The van der Waals surface area contributed by atoms with Gasteiger partial charge in [-0.2, -0.15) is 0 Å². The molecule has 0 saturated heterocycles. The van der Waals surface area contributed by atoms with Crippen molar-refractivity contribution in [2.24, 2.45) is 0 Å². The Kier molecular flexibility index (Phi) is 3.76. The highest BCUT2D eigenvalue weighted by Crippen LogP contribution is 2.19. The first-order chi connectivity index (χ1) is 8.29. The number of carbonyl (C=O) groups is 1. The average Bonchev–Trinajstić information content (AvgIpc) is 2.40. The van der Waals surface area contributed by atoms with Crippen LogP contribution in [0.4, 0.5) is 0 Å². The van der Waals surface area contributed by atoms with Gasteiger partial charge in [-0.15, -0.1) is 0 Å². The fourth-order valence-corrected chi connectivity index (χ4v) is 1.88. The molecule has 1 aliphatic carbocycles. The topological polar surface area (TPSA) is 26.3 Å². The number of ether oxygens (including phenoxy) is 1. The van der Waals surface area contributed by atoms with Crippen LogP contribution in [0.15, 0.2) is 48.1 Å². The summed E-state index contributed by atoms with van der Waals surface area (Å²) in [6, 6.07) is 7.28. The van der Waals surface area contributed by atoms with Gasteiger partial charge in [-0.1, -0.05) is 23.8 Å². The van der Waals surface area contributed by atoms with E-state index in [1.54, 1.807) is 7.11 Å². The van der Waals surface area contributed by atoms with E-state index in [0.717, 1.165) is 24.2 Å². The minimum absolute atomic E-state index is 0.175. The summed E-state index contributed by atoms with van der Waals surface area (Å²) >= 11 is 0. The van der Waals surface area contributed by atoms with Crippen LogP contribution >= 0.6 is 0 Å². The van der Waals surface area contributed by atoms with Gasteiger partial charge in [0, 0.05) is 12.0 Å². The van der Waals surface area contributed by atoms with Crippen LogP contribution in [0.1, 0.15) is 29.6 Å². The number of benzene rings is 1. The molecule has 0 aromatic heterocycles. The lowest BCUT2D eigenvalue weighted by Crippen LogP contribution is -2.02. The molecule has 0 aliphatic heterocycles. The van der Waals surface area contributed by atoms with Gasteiger partial charge in [0.15, 0.2) is 5.78 Å². The predicted molar refractivity (Wildman–Crippen MR) is 68.4 cm³/mol. The Hall–Kier alpha value is -1.83. The first-order valence-corrected chi connectivity index (χ1v) is 5.81. The summed E-state index contributed by atoms with van der Waals surface area (Å²) in [5.74, 6) is 0.954. The molecule has 0 heterocycles. The Morgan fingerprint density at radius 3 is 2.65 bits per heavy atom. The molecular weight excluding hydrogens is 212 g/mol. The van der Waals surface area contributed by atoms with Gasteiger partial charge in [-0.3, -0.25) is 4.79 Å². The summed E-state index contributed by atoms with van der Waals surface area (Å²) in [5.41, 5.74) is 1.97. The predicted octanol–water partition coefficient (Wildman–Crippen LogP) is 3.54. The highest BCUT2D eigenvalue weighted by molar-refractivity contribution is 5.97. The Balaban J connectivity index is 2.03. The largest absolute Gasteiger partial charge is 0.497 e. The quantitative estimate of drug-likeness (QED) is 0.737. The van der Waals surface area contributed by atoms with Crippen LogP contribution in [0, 0.1) is 0 Å². The van der Waals surface area contributed by atoms with E-state index in [-0.39, 0.29) is 5.78 Å². The second kappa shape index (κ2) is 5.48. The van der Waals surface area contributed by atoms with E-state index in [1.165, 1.54) is 5.57 Å². The third-order valence-electron chi connectivity index (χ3n) is 2.90. The monoisotopic (exact) mass is 228 g/mol. The van der Waals surface area contributed by atoms with Crippen molar-refractivity contribution in [2.75, 3.05) is 7.11 Å². The molecule has 88 valence electrons. The molecule has 2 rings (SSSR count). The Bertz CT molecular complexity index is 452. The molecule has 1 aromatic carbocycles. The second-order valence-corrected chi connectivity index (χ2v) is 4.12. The number of allylic oxidation sites excluding steroid dienone is 4. The summed E-state index contributed by atoms with van der Waals surface area (Å²) in [6.45, 7) is 0. The Labute approximate surface area is 102 Å². The molecule has 17 heavy (non-hydrogen) atoms. The van der Waals surface area contributed by atoms with Crippen molar-refractivity contribution in [3.8, 4) is 5.75 Å². The van der Waals surface area contributed by atoms with Gasteiger partial charge >= 0.3 is 0 Å². The number of rotatable bonds is 4. The summed E-state index contributed by atoms with van der Waals surface area (Å²) in [6.07, 6.45) is 8.77. The molecule has 1 aliphatic rings. The lowest BCUT2D eigenvalue weighted by atomic mass is 9.97. The number of ketones is 1. The zero-order valence-electron chi connectivity index (χ0n) is 9.98. The van der Waals surface area contributed by atoms with E-state index in [4.69, 9.17) is 4.74 Å². The average molecular weight is 228 g/mol. The van der Waals surface area contributed by atoms with Crippen molar-refractivity contribution in [1.29, 1.82) is 0 Å². The molecule has 2 nitrogen and oxygen atoms in total. The van der Waals surface area contributed by atoms with Crippen LogP contribution in [0.5, 0.6) is 5.75 Å². The first kappa shape index (κ1) is 11.6. The number of Topliss-reactive ketones (excluding diaryl/α,β-unsaturated/α-hetero) is 1. The zero-order chi connectivity index (χ0) is 12.1. The fourth-order valence-electron chi connectivity index (χ4n) is 1.88. The van der Waals surface area contributed by atoms with Crippen molar-refractivity contribution in [3.05, 3.63) is 53.6 Å². The normalized spacial score (nSPS) is 14.3. The maximum atomic E-state index is 12.0. The molecule has 0 N–H and O–H groups in total. The fraction of sp³-hybridized carbons (Fsp3) is 0.267. The summed E-state index contributed by atoms with van der Waals surface area (Å²) in [4.78, 5) is 12.0. The maximum Gasteiger partial charge on any atom is 0.166 e. The SMILES string of the molecule is COc1ccc(C(=O)CC2=CC=CCC2)cc1. The van der Waals surface area contributed by atoms with Crippen molar-refractivity contribution >= 4 is 5.78 Å². The highest BCUT2D eigenvalue weighted by atomic mass is 16.5. The molecule has 2 heteroatoms. The van der Waals surface area contributed by atoms with E-state index < -0.39 is 0 Å². The van der Waals surface area contributed by atoms with Crippen LogP contribution in [-0.4, -0.2) is 12.9 Å². The van der Waals surface area contributed by atoms with Crippen LogP contribution in [-0.2, 0) is 0 Å². The first-order valence-electron chi connectivity index (χ1n) is 5.81. The van der Waals surface area contributed by atoms with E-state index in [1.807, 2.05) is 36.4 Å². The van der Waals surface area contributed by atoms with Crippen molar-refractivity contribution in [1.82, 2.24) is 0 Å². The standard InChI is InChI=1S/C15H16O2/c1-17-14-9-7-13(8-10-14)15(16)11-12-5-3-2-4-6-12/h2-3,5,7-10H,4,6,11H2,1H3. The van der Waals surface area contributed by atoms with Crippen LogP contribution in [0.3, 0.4) is 0 Å². The lowest BCUT2D eigenvalue weighted by molar-refractivity contribution is 0.0992. The summed E-state index contributed by atoms with van der Waals surface area (Å²) in [5, 5.41) is 0. The molecule has 0 fully saturated rings. The van der Waals surface area contributed by atoms with Gasteiger partial charge in [0.05, 0.1) is 7.11 Å². The van der Waals surface area contributed by atoms with Crippen molar-refractivity contribution in [3.63, 3.8) is 0 Å². The van der Waals surface area contributed by atoms with Crippen LogP contribution in [0.25, 0.3) is 0 Å². The molecule has 0 unspecified atom stereocenters. The number of hydrogen-bond acceptors (Lipinski definition) is 2. The molecule has 0 atom stereocenters. The lowest BCUT2D eigenvalue weighted by Gasteiger charge is -2.08. The van der Waals surface area contributed by atoms with Crippen molar-refractivity contribution < 1.29 is 9.53 Å². The van der Waals surface area contributed by atoms with E-state index in [9.17, 15) is 4.79 Å². The third-order valence-corrected chi connectivity index (χ3v) is 2.90. The molecule has 0 radical (unpaired) electrons. The van der Waals surface area contributed by atoms with E-state index in [0.29, 0.717) is 6.42 Å². The summed E-state index contributed by atoms with van der Waals surface area (Å²) < 4.78 is 5.07. The van der Waals surface area contributed by atoms with Gasteiger partial charge in [0.25, 0.3) is 0 Å². The minimum atomic E-state index is 0.175. The van der Waals surface area contributed by atoms with E-state index in [2.05, 4.69) is 6.08 Å². The van der Waals surface area contributed by atoms with Gasteiger partial charge in [-0.25, -0.2) is 0 Å². The molecule has 0 bridgehead atoms. The van der Waals surface area contributed by atoms with Crippen LogP contribution in [0.2, 0.25) is 0 Å². The van der Waals surface area contributed by atoms with Gasteiger partial charge in [-0.05, 0) is 37.1 Å². The molecule has 1 aromatic rings. The molecule has 0 amide bonds. The minimum Gasteiger partial charge on any atom is -0.497 e. The number of hydrogen-bond donors (Lipinski definition) is 0. The van der Waals surface area contributed by atoms with E-state index >= 15 is 0 Å². The molecule has 0 spiro atoms. The Morgan fingerprint density at radius 1 is 1.29 bits per heavy atom. The van der Waals surface area contributed by atoms with Gasteiger partial charge in [0.1, 0.15) is 5.75 Å². The van der Waals surface area contributed by atoms with Gasteiger partial charge in [0.2, 0.25) is 0 Å². The second-order valence-electron chi connectivity index (χ2n) is 4.12.